The zero-order valence-electron chi connectivity index (χ0n) is 10.6. The van der Waals surface area contributed by atoms with Crippen molar-refractivity contribution >= 4 is 5.69 Å². The van der Waals surface area contributed by atoms with Gasteiger partial charge in [0.1, 0.15) is 0 Å². The van der Waals surface area contributed by atoms with E-state index in [2.05, 4.69) is 42.3 Å². The molecule has 0 saturated carbocycles. The summed E-state index contributed by atoms with van der Waals surface area (Å²) >= 11 is 0. The number of likely N-dealkylation sites (N-methyl/N-ethyl adjacent to an activating group) is 2. The van der Waals surface area contributed by atoms with E-state index in [9.17, 15) is 0 Å². The van der Waals surface area contributed by atoms with Crippen molar-refractivity contribution in [1.82, 2.24) is 5.32 Å². The van der Waals surface area contributed by atoms with E-state index >= 15 is 0 Å². The highest BCUT2D eigenvalue weighted by Crippen LogP contribution is 2.36. The average Bonchev–Trinajstić information content (AvgIpc) is 2.63. The Hall–Kier alpha value is -1.02. The van der Waals surface area contributed by atoms with Crippen LogP contribution in [0.1, 0.15) is 30.9 Å². The summed E-state index contributed by atoms with van der Waals surface area (Å²) in [5.74, 6) is 0.688. The molecule has 1 aromatic rings. The third-order valence-corrected chi connectivity index (χ3v) is 3.51. The molecule has 2 rings (SSSR count). The van der Waals surface area contributed by atoms with E-state index < -0.39 is 0 Å². The van der Waals surface area contributed by atoms with Gasteiger partial charge in [-0.1, -0.05) is 19.1 Å². The van der Waals surface area contributed by atoms with Crippen LogP contribution in [0.25, 0.3) is 0 Å². The Kier molecular flexibility index (Phi) is 3.49. The third kappa shape index (κ3) is 2.07. The van der Waals surface area contributed by atoms with Crippen molar-refractivity contribution in [3.8, 4) is 0 Å². The SMILES string of the molecule is CCN1CC(C)c2ccc(CCNC)cc21. The molecule has 0 spiro atoms. The van der Waals surface area contributed by atoms with Gasteiger partial charge in [-0.3, -0.25) is 0 Å². The first-order valence-electron chi connectivity index (χ1n) is 6.28. The van der Waals surface area contributed by atoms with Gasteiger partial charge in [0.05, 0.1) is 0 Å². The predicted octanol–water partition coefficient (Wildman–Crippen LogP) is 2.39. The first kappa shape index (κ1) is 11.5. The summed E-state index contributed by atoms with van der Waals surface area (Å²) in [6.07, 6.45) is 1.12. The minimum absolute atomic E-state index is 0.688. The van der Waals surface area contributed by atoms with Gasteiger partial charge in [0.25, 0.3) is 0 Å². The lowest BCUT2D eigenvalue weighted by molar-refractivity contribution is 0.762. The standard InChI is InChI=1S/C14H22N2/c1-4-16-10-11(2)13-6-5-12(7-8-15-3)9-14(13)16/h5-6,9,11,15H,4,7-8,10H2,1-3H3. The molecular formula is C14H22N2. The molecule has 1 heterocycles. The second-order valence-corrected chi connectivity index (χ2v) is 4.69. The minimum Gasteiger partial charge on any atom is -0.371 e. The Balaban J connectivity index is 2.23. The second-order valence-electron chi connectivity index (χ2n) is 4.69. The number of hydrogen-bond donors (Lipinski definition) is 1. The minimum atomic E-state index is 0.688. The Bertz CT molecular complexity index is 360. The molecule has 1 N–H and O–H groups in total. The number of anilines is 1. The lowest BCUT2D eigenvalue weighted by atomic mass is 10.0. The van der Waals surface area contributed by atoms with E-state index in [0.29, 0.717) is 5.92 Å². The average molecular weight is 218 g/mol. The first-order chi connectivity index (χ1) is 7.76. The summed E-state index contributed by atoms with van der Waals surface area (Å²) in [5.41, 5.74) is 4.43. The number of fused-ring (bicyclic) bond motifs is 1. The fourth-order valence-electron chi connectivity index (χ4n) is 2.53. The van der Waals surface area contributed by atoms with Crippen LogP contribution in [0.15, 0.2) is 18.2 Å². The fraction of sp³-hybridized carbons (Fsp3) is 0.571. The van der Waals surface area contributed by atoms with Gasteiger partial charge in [-0.15, -0.1) is 0 Å². The van der Waals surface area contributed by atoms with Crippen LogP contribution in [-0.4, -0.2) is 26.7 Å². The molecule has 0 bridgehead atoms. The number of rotatable bonds is 4. The summed E-state index contributed by atoms with van der Waals surface area (Å²) in [4.78, 5) is 2.49. The van der Waals surface area contributed by atoms with Crippen LogP contribution in [0.5, 0.6) is 0 Å². The molecule has 0 fully saturated rings. The molecule has 2 nitrogen and oxygen atoms in total. The molecule has 0 aromatic heterocycles. The Morgan fingerprint density at radius 3 is 2.94 bits per heavy atom. The van der Waals surface area contributed by atoms with Crippen molar-refractivity contribution in [3.05, 3.63) is 29.3 Å². The lowest BCUT2D eigenvalue weighted by Crippen LogP contribution is -2.20. The zero-order valence-corrected chi connectivity index (χ0v) is 10.6. The summed E-state index contributed by atoms with van der Waals surface area (Å²) < 4.78 is 0. The molecule has 1 aliphatic rings. The Labute approximate surface area is 98.7 Å². The monoisotopic (exact) mass is 218 g/mol. The molecule has 0 amide bonds. The van der Waals surface area contributed by atoms with Crippen molar-refractivity contribution in [3.63, 3.8) is 0 Å². The summed E-state index contributed by atoms with van der Waals surface area (Å²) in [7, 11) is 2.01. The maximum absolute atomic E-state index is 3.20. The number of hydrogen-bond acceptors (Lipinski definition) is 2. The van der Waals surface area contributed by atoms with Gasteiger partial charge in [0, 0.05) is 24.7 Å². The van der Waals surface area contributed by atoms with Crippen LogP contribution in [-0.2, 0) is 6.42 Å². The smallest absolute Gasteiger partial charge is 0.0405 e. The quantitative estimate of drug-likeness (QED) is 0.835. The number of nitrogens with one attached hydrogen (secondary N) is 1. The van der Waals surface area contributed by atoms with Crippen LogP contribution in [0.2, 0.25) is 0 Å². The zero-order chi connectivity index (χ0) is 11.5. The predicted molar refractivity (Wildman–Crippen MR) is 70.4 cm³/mol. The molecular weight excluding hydrogens is 196 g/mol. The molecule has 1 aliphatic heterocycles. The van der Waals surface area contributed by atoms with Crippen molar-refractivity contribution < 1.29 is 0 Å². The largest absolute Gasteiger partial charge is 0.371 e. The second kappa shape index (κ2) is 4.88. The lowest BCUT2D eigenvalue weighted by Gasteiger charge is -2.17. The highest BCUT2D eigenvalue weighted by molar-refractivity contribution is 5.61. The van der Waals surface area contributed by atoms with Crippen molar-refractivity contribution in [1.29, 1.82) is 0 Å². The highest BCUT2D eigenvalue weighted by Gasteiger charge is 2.24. The van der Waals surface area contributed by atoms with E-state index in [0.717, 1.165) is 19.5 Å². The first-order valence-corrected chi connectivity index (χ1v) is 6.28. The van der Waals surface area contributed by atoms with Gasteiger partial charge in [0.15, 0.2) is 0 Å². The van der Waals surface area contributed by atoms with Crippen LogP contribution < -0.4 is 10.2 Å². The topological polar surface area (TPSA) is 15.3 Å². The van der Waals surface area contributed by atoms with E-state index in [1.807, 2.05) is 7.05 Å². The number of nitrogens with zero attached hydrogens (tertiary/aromatic N) is 1. The maximum atomic E-state index is 3.20. The van der Waals surface area contributed by atoms with Gasteiger partial charge in [-0.05, 0) is 44.1 Å². The molecule has 0 saturated heterocycles. The molecule has 0 aliphatic carbocycles. The van der Waals surface area contributed by atoms with Gasteiger partial charge in [-0.25, -0.2) is 0 Å². The Morgan fingerprint density at radius 1 is 1.44 bits per heavy atom. The van der Waals surface area contributed by atoms with E-state index in [4.69, 9.17) is 0 Å². The highest BCUT2D eigenvalue weighted by atomic mass is 15.1. The molecule has 1 atom stereocenters. The van der Waals surface area contributed by atoms with Crippen LogP contribution in [0.3, 0.4) is 0 Å². The van der Waals surface area contributed by atoms with Crippen molar-refractivity contribution in [2.24, 2.45) is 0 Å². The van der Waals surface area contributed by atoms with Gasteiger partial charge in [0.2, 0.25) is 0 Å². The molecule has 1 aromatic carbocycles. The summed E-state index contributed by atoms with van der Waals surface area (Å²) in [6, 6.07) is 6.98. The summed E-state index contributed by atoms with van der Waals surface area (Å²) in [5, 5.41) is 3.20. The molecule has 2 heteroatoms. The van der Waals surface area contributed by atoms with E-state index in [1.54, 1.807) is 0 Å². The van der Waals surface area contributed by atoms with Gasteiger partial charge in [-0.2, -0.15) is 0 Å². The van der Waals surface area contributed by atoms with E-state index in [1.165, 1.54) is 23.4 Å². The molecule has 16 heavy (non-hydrogen) atoms. The molecule has 88 valence electrons. The van der Waals surface area contributed by atoms with Crippen molar-refractivity contribution in [2.75, 3.05) is 31.6 Å². The molecule has 0 radical (unpaired) electrons. The van der Waals surface area contributed by atoms with Crippen LogP contribution >= 0.6 is 0 Å². The molecule has 1 unspecified atom stereocenters. The van der Waals surface area contributed by atoms with Crippen molar-refractivity contribution in [2.45, 2.75) is 26.2 Å². The van der Waals surface area contributed by atoms with Crippen LogP contribution in [0.4, 0.5) is 5.69 Å². The van der Waals surface area contributed by atoms with Gasteiger partial charge >= 0.3 is 0 Å². The fourth-order valence-corrected chi connectivity index (χ4v) is 2.53. The summed E-state index contributed by atoms with van der Waals surface area (Å²) in [6.45, 7) is 7.92. The van der Waals surface area contributed by atoms with Gasteiger partial charge < -0.3 is 10.2 Å². The van der Waals surface area contributed by atoms with E-state index in [-0.39, 0.29) is 0 Å². The van der Waals surface area contributed by atoms with Crippen LogP contribution in [0, 0.1) is 0 Å². The third-order valence-electron chi connectivity index (χ3n) is 3.51. The normalized spacial score (nSPS) is 18.9. The number of benzene rings is 1. The maximum Gasteiger partial charge on any atom is 0.0405 e. The Morgan fingerprint density at radius 2 is 2.25 bits per heavy atom.